The number of likely N-dealkylation sites (tertiary alicyclic amines) is 1. The van der Waals surface area contributed by atoms with Crippen molar-refractivity contribution in [2.75, 3.05) is 26.1 Å². The van der Waals surface area contributed by atoms with Gasteiger partial charge in [0.25, 0.3) is 0 Å². The number of imide groups is 1. The molecule has 25 heavy (non-hydrogen) atoms. The number of nitrogens with zero attached hydrogens (tertiary/aromatic N) is 1. The second-order valence-corrected chi connectivity index (χ2v) is 6.04. The number of allylic oxidation sites excluding steroid dienone is 2. The third-order valence-electron chi connectivity index (χ3n) is 4.57. The molecule has 1 aliphatic carbocycles. The summed E-state index contributed by atoms with van der Waals surface area (Å²) in [5, 5.41) is 2.68. The van der Waals surface area contributed by atoms with Crippen molar-refractivity contribution in [3.63, 3.8) is 0 Å². The number of benzene rings is 1. The fraction of sp³-hybridized carbons (Fsp3) is 0.389. The standard InChI is InChI=1S/C18H20N2O5/c1-24-14-8-7-11(9-15(14)25-2)19-16(21)10-20-17(22)12-5-3-4-6-13(12)18(20)23/h3-4,7-9,12-13H,5-6,10H2,1-2H3,(H,19,21)/t12-,13+. The smallest absolute Gasteiger partial charge is 0.244 e. The summed E-state index contributed by atoms with van der Waals surface area (Å²) in [6.07, 6.45) is 4.95. The number of hydrogen-bond donors (Lipinski definition) is 1. The molecule has 7 heteroatoms. The van der Waals surface area contributed by atoms with Gasteiger partial charge in [0, 0.05) is 11.8 Å². The largest absolute Gasteiger partial charge is 0.493 e. The van der Waals surface area contributed by atoms with Gasteiger partial charge < -0.3 is 14.8 Å². The van der Waals surface area contributed by atoms with Crippen LogP contribution in [-0.4, -0.2) is 43.4 Å². The van der Waals surface area contributed by atoms with E-state index in [1.807, 2.05) is 12.2 Å². The van der Waals surface area contributed by atoms with Crippen molar-refractivity contribution in [1.82, 2.24) is 4.90 Å². The lowest BCUT2D eigenvalue weighted by atomic mass is 9.85. The van der Waals surface area contributed by atoms with Crippen molar-refractivity contribution in [1.29, 1.82) is 0 Å². The number of fused-ring (bicyclic) bond motifs is 1. The molecule has 132 valence electrons. The molecule has 0 unspecified atom stereocenters. The maximum atomic E-state index is 12.4. The Bertz CT molecular complexity index is 717. The minimum absolute atomic E-state index is 0.262. The summed E-state index contributed by atoms with van der Waals surface area (Å²) in [6, 6.07) is 4.95. The van der Waals surface area contributed by atoms with Gasteiger partial charge in [-0.2, -0.15) is 0 Å². The minimum atomic E-state index is -0.430. The molecule has 2 atom stereocenters. The lowest BCUT2D eigenvalue weighted by molar-refractivity contribution is -0.142. The van der Waals surface area contributed by atoms with Gasteiger partial charge in [-0.1, -0.05) is 12.2 Å². The van der Waals surface area contributed by atoms with Gasteiger partial charge in [-0.3, -0.25) is 19.3 Å². The topological polar surface area (TPSA) is 84.9 Å². The summed E-state index contributed by atoms with van der Waals surface area (Å²) in [6.45, 7) is -0.279. The van der Waals surface area contributed by atoms with Crippen LogP contribution in [0.4, 0.5) is 5.69 Å². The van der Waals surface area contributed by atoms with Gasteiger partial charge >= 0.3 is 0 Å². The Kier molecular flexibility index (Phi) is 4.74. The Balaban J connectivity index is 1.67. The number of carbonyl (C=O) groups excluding carboxylic acids is 3. The second kappa shape index (κ2) is 6.96. The Morgan fingerprint density at radius 1 is 1.08 bits per heavy atom. The van der Waals surface area contributed by atoms with E-state index in [0.717, 1.165) is 4.90 Å². The van der Waals surface area contributed by atoms with Gasteiger partial charge in [-0.25, -0.2) is 0 Å². The van der Waals surface area contributed by atoms with Crippen molar-refractivity contribution in [3.8, 4) is 11.5 Å². The number of hydrogen-bond acceptors (Lipinski definition) is 5. The molecular formula is C18H20N2O5. The first-order valence-corrected chi connectivity index (χ1v) is 8.07. The van der Waals surface area contributed by atoms with Crippen LogP contribution in [0, 0.1) is 11.8 Å². The Morgan fingerprint density at radius 3 is 2.24 bits per heavy atom. The maximum absolute atomic E-state index is 12.4. The average molecular weight is 344 g/mol. The lowest BCUT2D eigenvalue weighted by Gasteiger charge is -2.15. The van der Waals surface area contributed by atoms with Gasteiger partial charge in [-0.15, -0.1) is 0 Å². The van der Waals surface area contributed by atoms with Gasteiger partial charge in [-0.05, 0) is 25.0 Å². The van der Waals surface area contributed by atoms with E-state index in [2.05, 4.69) is 5.32 Å². The third kappa shape index (κ3) is 3.22. The monoisotopic (exact) mass is 344 g/mol. The molecule has 1 saturated heterocycles. The van der Waals surface area contributed by atoms with Crippen LogP contribution in [0.2, 0.25) is 0 Å². The van der Waals surface area contributed by atoms with Gasteiger partial charge in [0.05, 0.1) is 26.1 Å². The summed E-state index contributed by atoms with van der Waals surface area (Å²) in [7, 11) is 3.02. The molecule has 1 heterocycles. The van der Waals surface area contributed by atoms with Crippen LogP contribution >= 0.6 is 0 Å². The van der Waals surface area contributed by atoms with Crippen molar-refractivity contribution in [2.45, 2.75) is 12.8 Å². The minimum Gasteiger partial charge on any atom is -0.493 e. The zero-order chi connectivity index (χ0) is 18.0. The first-order valence-electron chi connectivity index (χ1n) is 8.07. The van der Waals surface area contributed by atoms with Crippen molar-refractivity contribution >= 4 is 23.4 Å². The molecule has 1 fully saturated rings. The predicted molar refractivity (Wildman–Crippen MR) is 90.2 cm³/mol. The molecule has 0 radical (unpaired) electrons. The summed E-state index contributed by atoms with van der Waals surface area (Å²) in [5.74, 6) is -0.588. The van der Waals surface area contributed by atoms with Crippen LogP contribution in [0.1, 0.15) is 12.8 Å². The fourth-order valence-electron chi connectivity index (χ4n) is 3.28. The number of methoxy groups -OCH3 is 2. The molecule has 1 aromatic rings. The van der Waals surface area contributed by atoms with Gasteiger partial charge in [0.2, 0.25) is 17.7 Å². The highest BCUT2D eigenvalue weighted by Gasteiger charge is 2.47. The molecule has 3 amide bonds. The van der Waals surface area contributed by atoms with Crippen LogP contribution in [0.3, 0.4) is 0 Å². The van der Waals surface area contributed by atoms with Crippen LogP contribution in [0.15, 0.2) is 30.4 Å². The zero-order valence-electron chi connectivity index (χ0n) is 14.2. The van der Waals surface area contributed by atoms with Gasteiger partial charge in [0.1, 0.15) is 6.54 Å². The molecule has 0 bridgehead atoms. The van der Waals surface area contributed by atoms with E-state index in [1.165, 1.54) is 14.2 Å². The summed E-state index contributed by atoms with van der Waals surface area (Å²) < 4.78 is 10.3. The summed E-state index contributed by atoms with van der Waals surface area (Å²) in [4.78, 5) is 38.1. The van der Waals surface area contributed by atoms with Crippen molar-refractivity contribution in [2.24, 2.45) is 11.8 Å². The highest BCUT2D eigenvalue weighted by molar-refractivity contribution is 6.08. The zero-order valence-corrected chi connectivity index (χ0v) is 14.2. The van der Waals surface area contributed by atoms with E-state index in [-0.39, 0.29) is 30.2 Å². The molecule has 1 aromatic carbocycles. The molecule has 3 rings (SSSR count). The number of rotatable bonds is 5. The summed E-state index contributed by atoms with van der Waals surface area (Å²) in [5.41, 5.74) is 0.501. The molecule has 0 spiro atoms. The average Bonchev–Trinajstić information content (AvgIpc) is 2.87. The number of anilines is 1. The maximum Gasteiger partial charge on any atom is 0.244 e. The molecule has 0 aromatic heterocycles. The van der Waals surface area contributed by atoms with Crippen LogP contribution < -0.4 is 14.8 Å². The van der Waals surface area contributed by atoms with E-state index in [0.29, 0.717) is 30.0 Å². The SMILES string of the molecule is COc1ccc(NC(=O)CN2C(=O)[C@H]3CC=CC[C@H]3C2=O)cc1OC. The van der Waals surface area contributed by atoms with Gasteiger partial charge in [0.15, 0.2) is 11.5 Å². The van der Waals surface area contributed by atoms with E-state index in [1.54, 1.807) is 18.2 Å². The Hall–Kier alpha value is -2.83. The molecule has 2 aliphatic rings. The number of amides is 3. The first-order chi connectivity index (χ1) is 12.0. The Morgan fingerprint density at radius 2 is 1.68 bits per heavy atom. The predicted octanol–water partition coefficient (Wildman–Crippen LogP) is 1.59. The fourth-order valence-corrected chi connectivity index (χ4v) is 3.28. The molecule has 1 N–H and O–H groups in total. The van der Waals surface area contributed by atoms with Crippen molar-refractivity contribution < 1.29 is 23.9 Å². The van der Waals surface area contributed by atoms with E-state index in [4.69, 9.17) is 9.47 Å². The molecule has 7 nitrogen and oxygen atoms in total. The number of ether oxygens (including phenoxy) is 2. The number of nitrogens with one attached hydrogen (secondary N) is 1. The molecule has 1 aliphatic heterocycles. The first kappa shape index (κ1) is 17.0. The highest BCUT2D eigenvalue weighted by atomic mass is 16.5. The molecule has 0 saturated carbocycles. The lowest BCUT2D eigenvalue weighted by Crippen LogP contribution is -2.38. The molecular weight excluding hydrogens is 324 g/mol. The number of carbonyl (C=O) groups is 3. The second-order valence-electron chi connectivity index (χ2n) is 6.04. The van der Waals surface area contributed by atoms with Crippen molar-refractivity contribution in [3.05, 3.63) is 30.4 Å². The van der Waals surface area contributed by atoms with E-state index in [9.17, 15) is 14.4 Å². The normalized spacial score (nSPS) is 21.9. The van der Waals surface area contributed by atoms with Crippen LogP contribution in [0.25, 0.3) is 0 Å². The highest BCUT2D eigenvalue weighted by Crippen LogP contribution is 2.35. The van der Waals surface area contributed by atoms with E-state index >= 15 is 0 Å². The van der Waals surface area contributed by atoms with E-state index < -0.39 is 5.91 Å². The summed E-state index contributed by atoms with van der Waals surface area (Å²) >= 11 is 0. The van der Waals surface area contributed by atoms with Crippen LogP contribution in [0.5, 0.6) is 11.5 Å². The van der Waals surface area contributed by atoms with Crippen LogP contribution in [-0.2, 0) is 14.4 Å². The third-order valence-corrected chi connectivity index (χ3v) is 4.57. The quantitative estimate of drug-likeness (QED) is 0.648. The Labute approximate surface area is 145 Å².